The summed E-state index contributed by atoms with van der Waals surface area (Å²) in [6.45, 7) is 7.21. The third kappa shape index (κ3) is 2.76. The molecule has 0 radical (unpaired) electrons. The van der Waals surface area contributed by atoms with E-state index in [0.717, 1.165) is 24.6 Å². The maximum absolute atomic E-state index is 4.49. The molecule has 0 spiro atoms. The van der Waals surface area contributed by atoms with Gasteiger partial charge in [-0.25, -0.2) is 9.97 Å². The maximum Gasteiger partial charge on any atom is 0.142 e. The van der Waals surface area contributed by atoms with Gasteiger partial charge in [-0.1, -0.05) is 26.8 Å². The van der Waals surface area contributed by atoms with Crippen molar-refractivity contribution in [1.29, 1.82) is 0 Å². The zero-order valence-corrected chi connectivity index (χ0v) is 11.2. The minimum absolute atomic E-state index is 0.464. The van der Waals surface area contributed by atoms with Gasteiger partial charge in [-0.3, -0.25) is 4.57 Å². The molecule has 2 aromatic rings. The minimum atomic E-state index is 0.464. The lowest BCUT2D eigenvalue weighted by atomic mass is 10.2. The van der Waals surface area contributed by atoms with E-state index in [2.05, 4.69) is 46.7 Å². The molecule has 4 nitrogen and oxygen atoms in total. The second kappa shape index (κ2) is 5.78. The van der Waals surface area contributed by atoms with E-state index >= 15 is 0 Å². The van der Waals surface area contributed by atoms with E-state index < -0.39 is 0 Å². The number of nitrogens with one attached hydrogen (secondary N) is 1. The molecule has 0 aliphatic carbocycles. The summed E-state index contributed by atoms with van der Waals surface area (Å²) >= 11 is 0. The van der Waals surface area contributed by atoms with Gasteiger partial charge in [0.15, 0.2) is 0 Å². The lowest BCUT2D eigenvalue weighted by Gasteiger charge is -2.13. The van der Waals surface area contributed by atoms with Crippen LogP contribution in [0, 0.1) is 0 Å². The van der Waals surface area contributed by atoms with Crippen molar-refractivity contribution >= 4 is 0 Å². The Balaban J connectivity index is 2.32. The van der Waals surface area contributed by atoms with Crippen LogP contribution in [0.4, 0.5) is 0 Å². The van der Waals surface area contributed by atoms with Gasteiger partial charge in [-0.15, -0.1) is 0 Å². The Kier molecular flexibility index (Phi) is 4.10. The summed E-state index contributed by atoms with van der Waals surface area (Å²) in [7, 11) is 0. The molecule has 0 aliphatic heterocycles. The molecule has 0 aromatic carbocycles. The van der Waals surface area contributed by atoms with E-state index in [1.807, 2.05) is 24.7 Å². The number of nitrogens with zero attached hydrogens (tertiary/aromatic N) is 3. The Labute approximate surface area is 108 Å². The van der Waals surface area contributed by atoms with E-state index in [-0.39, 0.29) is 0 Å². The van der Waals surface area contributed by atoms with Crippen molar-refractivity contribution in [2.24, 2.45) is 0 Å². The predicted molar refractivity (Wildman–Crippen MR) is 72.7 cm³/mol. The summed E-state index contributed by atoms with van der Waals surface area (Å²) in [5.74, 6) is 2.01. The van der Waals surface area contributed by atoms with Crippen molar-refractivity contribution in [3.63, 3.8) is 0 Å². The Bertz CT molecular complexity index is 502. The number of rotatable bonds is 5. The molecule has 0 atom stereocenters. The zero-order chi connectivity index (χ0) is 13.0. The molecule has 0 unspecified atom stereocenters. The second-order valence-electron chi connectivity index (χ2n) is 4.59. The average Bonchev–Trinajstić information content (AvgIpc) is 2.84. The van der Waals surface area contributed by atoms with Crippen molar-refractivity contribution in [3.05, 3.63) is 42.1 Å². The first-order chi connectivity index (χ1) is 8.72. The third-order valence-corrected chi connectivity index (χ3v) is 2.83. The number of pyridine rings is 1. The molecule has 18 heavy (non-hydrogen) atoms. The third-order valence-electron chi connectivity index (χ3n) is 2.83. The highest BCUT2D eigenvalue weighted by Gasteiger charge is 2.09. The van der Waals surface area contributed by atoms with Gasteiger partial charge in [0, 0.05) is 43.2 Å². The zero-order valence-electron chi connectivity index (χ0n) is 11.2. The van der Waals surface area contributed by atoms with Crippen molar-refractivity contribution in [2.45, 2.75) is 39.8 Å². The van der Waals surface area contributed by atoms with Crippen LogP contribution in [0.5, 0.6) is 0 Å². The lowest BCUT2D eigenvalue weighted by molar-refractivity contribution is 0.586. The summed E-state index contributed by atoms with van der Waals surface area (Å²) in [5.41, 5.74) is 1.19. The van der Waals surface area contributed by atoms with Crippen molar-refractivity contribution in [2.75, 3.05) is 0 Å². The number of aryl methyl sites for hydroxylation is 1. The highest BCUT2D eigenvalue weighted by atomic mass is 15.1. The Morgan fingerprint density at radius 1 is 1.28 bits per heavy atom. The standard InChI is InChI=1S/C14H20N4/c1-4-13-15-8-9-18(13)14-12(6-5-7-16-14)10-17-11(2)3/h5-9,11,17H,4,10H2,1-3H3. The molecule has 0 fully saturated rings. The quantitative estimate of drug-likeness (QED) is 0.877. The summed E-state index contributed by atoms with van der Waals surface area (Å²) in [6, 6.07) is 4.55. The van der Waals surface area contributed by atoms with Crippen LogP contribution in [0.3, 0.4) is 0 Å². The lowest BCUT2D eigenvalue weighted by Crippen LogP contribution is -2.23. The van der Waals surface area contributed by atoms with Gasteiger partial charge in [-0.05, 0) is 6.07 Å². The minimum Gasteiger partial charge on any atom is -0.310 e. The van der Waals surface area contributed by atoms with E-state index in [1.165, 1.54) is 5.56 Å². The Morgan fingerprint density at radius 3 is 2.83 bits per heavy atom. The molecule has 96 valence electrons. The van der Waals surface area contributed by atoms with Crippen LogP contribution in [-0.2, 0) is 13.0 Å². The van der Waals surface area contributed by atoms with Crippen LogP contribution in [0.1, 0.15) is 32.2 Å². The SMILES string of the molecule is CCc1nccn1-c1ncccc1CNC(C)C. The average molecular weight is 244 g/mol. The molecule has 0 amide bonds. The Hall–Kier alpha value is -1.68. The van der Waals surface area contributed by atoms with Crippen LogP contribution < -0.4 is 5.32 Å². The number of imidazole rings is 1. The first-order valence-electron chi connectivity index (χ1n) is 6.42. The van der Waals surface area contributed by atoms with Crippen LogP contribution in [0.25, 0.3) is 5.82 Å². The second-order valence-corrected chi connectivity index (χ2v) is 4.59. The molecule has 0 saturated heterocycles. The van der Waals surface area contributed by atoms with Gasteiger partial charge < -0.3 is 5.32 Å². The van der Waals surface area contributed by atoms with Gasteiger partial charge in [0.25, 0.3) is 0 Å². The molecular formula is C14H20N4. The summed E-state index contributed by atoms with van der Waals surface area (Å²) in [6.07, 6.45) is 6.53. The first kappa shape index (κ1) is 12.8. The normalized spacial score (nSPS) is 11.1. The molecular weight excluding hydrogens is 224 g/mol. The monoisotopic (exact) mass is 244 g/mol. The van der Waals surface area contributed by atoms with E-state index in [0.29, 0.717) is 6.04 Å². The van der Waals surface area contributed by atoms with Crippen LogP contribution in [0.15, 0.2) is 30.7 Å². The number of hydrogen-bond donors (Lipinski definition) is 1. The summed E-state index contributed by atoms with van der Waals surface area (Å²) in [5, 5.41) is 3.43. The van der Waals surface area contributed by atoms with Crippen molar-refractivity contribution in [3.8, 4) is 5.82 Å². The van der Waals surface area contributed by atoms with E-state index in [1.54, 1.807) is 0 Å². The highest BCUT2D eigenvalue weighted by molar-refractivity contribution is 5.34. The molecule has 0 bridgehead atoms. The van der Waals surface area contributed by atoms with Gasteiger partial charge in [0.05, 0.1) is 0 Å². The largest absolute Gasteiger partial charge is 0.310 e. The van der Waals surface area contributed by atoms with Crippen LogP contribution in [0.2, 0.25) is 0 Å². The van der Waals surface area contributed by atoms with Crippen LogP contribution >= 0.6 is 0 Å². The summed E-state index contributed by atoms with van der Waals surface area (Å²) < 4.78 is 2.07. The Morgan fingerprint density at radius 2 is 2.11 bits per heavy atom. The fourth-order valence-corrected chi connectivity index (χ4v) is 1.89. The molecule has 2 rings (SSSR count). The topological polar surface area (TPSA) is 42.7 Å². The first-order valence-corrected chi connectivity index (χ1v) is 6.42. The molecule has 2 aromatic heterocycles. The van der Waals surface area contributed by atoms with Crippen molar-refractivity contribution < 1.29 is 0 Å². The van der Waals surface area contributed by atoms with Gasteiger partial charge >= 0.3 is 0 Å². The molecule has 1 N–H and O–H groups in total. The van der Waals surface area contributed by atoms with Crippen molar-refractivity contribution in [1.82, 2.24) is 19.9 Å². The predicted octanol–water partition coefficient (Wildman–Crippen LogP) is 2.33. The fourth-order valence-electron chi connectivity index (χ4n) is 1.89. The molecule has 2 heterocycles. The molecule has 0 saturated carbocycles. The summed E-state index contributed by atoms with van der Waals surface area (Å²) in [4.78, 5) is 8.84. The van der Waals surface area contributed by atoms with Gasteiger partial charge in [-0.2, -0.15) is 0 Å². The van der Waals surface area contributed by atoms with Gasteiger partial charge in [0.2, 0.25) is 0 Å². The van der Waals surface area contributed by atoms with Crippen LogP contribution in [-0.4, -0.2) is 20.6 Å². The fraction of sp³-hybridized carbons (Fsp3) is 0.429. The molecule has 4 heteroatoms. The number of aromatic nitrogens is 3. The van der Waals surface area contributed by atoms with Gasteiger partial charge in [0.1, 0.15) is 11.6 Å². The van der Waals surface area contributed by atoms with E-state index in [9.17, 15) is 0 Å². The maximum atomic E-state index is 4.49. The smallest absolute Gasteiger partial charge is 0.142 e. The molecule has 0 aliphatic rings. The number of hydrogen-bond acceptors (Lipinski definition) is 3. The highest BCUT2D eigenvalue weighted by Crippen LogP contribution is 2.14. The van der Waals surface area contributed by atoms with E-state index in [4.69, 9.17) is 0 Å².